The monoisotopic (exact) mass is 398 g/mol. The molecule has 4 aromatic rings. The number of anilines is 1. The maximum Gasteiger partial charge on any atom is 0.413 e. The number of aryl methyl sites for hydroxylation is 1. The van der Waals surface area contributed by atoms with E-state index in [1.54, 1.807) is 6.20 Å². The lowest BCUT2D eigenvalue weighted by atomic mass is 10.1. The molecule has 0 aromatic carbocycles. The molecule has 9 heteroatoms. The van der Waals surface area contributed by atoms with Crippen LogP contribution in [-0.4, -0.2) is 35.2 Å². The van der Waals surface area contributed by atoms with Gasteiger partial charge in [0.1, 0.15) is 16.6 Å². The zero-order chi connectivity index (χ0) is 20.0. The van der Waals surface area contributed by atoms with Crippen LogP contribution in [0.1, 0.15) is 36.7 Å². The van der Waals surface area contributed by atoms with Crippen molar-refractivity contribution in [1.82, 2.24) is 24.0 Å². The lowest BCUT2D eigenvalue weighted by molar-refractivity contribution is 0.201. The molecule has 144 valence electrons. The average Bonchev–Trinajstić information content (AvgIpc) is 3.20. The number of nitrogens with zero attached hydrogens (tertiary/aromatic N) is 6. The summed E-state index contributed by atoms with van der Waals surface area (Å²) in [6.07, 6.45) is 2.47. The Kier molecular flexibility index (Phi) is 4.43. The Morgan fingerprint density at radius 1 is 1.32 bits per heavy atom. The molecule has 4 rings (SSSR count). The number of carboxylic acid groups (broad SMARTS) is 1. The predicted octanol–water partition coefficient (Wildman–Crippen LogP) is 4.15. The summed E-state index contributed by atoms with van der Waals surface area (Å²) >= 11 is 6.21. The molecular formula is C19H19ClN6O2. The number of halogens is 1. The van der Waals surface area contributed by atoms with Crippen LogP contribution in [0.15, 0.2) is 36.7 Å². The number of pyridine rings is 1. The molecule has 0 saturated carbocycles. The van der Waals surface area contributed by atoms with Gasteiger partial charge in [0.05, 0.1) is 18.4 Å². The van der Waals surface area contributed by atoms with E-state index in [0.29, 0.717) is 17.2 Å². The topological polar surface area (TPSA) is 88.0 Å². The molecule has 0 saturated heterocycles. The number of aromatic nitrogens is 5. The first kappa shape index (κ1) is 18.2. The third-order valence-electron chi connectivity index (χ3n) is 4.75. The van der Waals surface area contributed by atoms with Crippen molar-refractivity contribution in [2.75, 3.05) is 4.90 Å². The summed E-state index contributed by atoms with van der Waals surface area (Å²) in [6.45, 7) is 6.02. The molecule has 0 radical (unpaired) electrons. The van der Waals surface area contributed by atoms with E-state index in [4.69, 9.17) is 11.6 Å². The second kappa shape index (κ2) is 6.79. The number of hydrogen-bond acceptors (Lipinski definition) is 4. The summed E-state index contributed by atoms with van der Waals surface area (Å²) in [5.74, 6) is 0.501. The molecule has 0 spiro atoms. The van der Waals surface area contributed by atoms with Crippen LogP contribution in [0.5, 0.6) is 0 Å². The normalized spacial score (nSPS) is 11.6. The highest BCUT2D eigenvalue weighted by molar-refractivity contribution is 6.29. The number of amides is 1. The zero-order valence-corrected chi connectivity index (χ0v) is 16.4. The van der Waals surface area contributed by atoms with Crippen LogP contribution in [0.25, 0.3) is 11.3 Å². The zero-order valence-electron chi connectivity index (χ0n) is 15.7. The van der Waals surface area contributed by atoms with Crippen LogP contribution < -0.4 is 4.90 Å². The molecule has 4 aromatic heterocycles. The Morgan fingerprint density at radius 3 is 2.79 bits per heavy atom. The van der Waals surface area contributed by atoms with Crippen LogP contribution in [-0.2, 0) is 6.54 Å². The molecule has 1 N–H and O–H groups in total. The Hall–Kier alpha value is -3.13. The fourth-order valence-electron chi connectivity index (χ4n) is 3.25. The summed E-state index contributed by atoms with van der Waals surface area (Å²) in [5, 5.41) is 14.5. The molecule has 4 heterocycles. The van der Waals surface area contributed by atoms with Crippen molar-refractivity contribution in [3.63, 3.8) is 0 Å². The highest BCUT2D eigenvalue weighted by atomic mass is 35.5. The van der Waals surface area contributed by atoms with Crippen LogP contribution in [0.4, 0.5) is 10.6 Å². The molecule has 0 aliphatic heterocycles. The van der Waals surface area contributed by atoms with Gasteiger partial charge in [-0.2, -0.15) is 9.61 Å². The van der Waals surface area contributed by atoms with Gasteiger partial charge in [-0.3, -0.25) is 4.90 Å². The van der Waals surface area contributed by atoms with Gasteiger partial charge in [-0.25, -0.2) is 14.8 Å². The van der Waals surface area contributed by atoms with Gasteiger partial charge in [0.15, 0.2) is 5.65 Å². The van der Waals surface area contributed by atoms with Gasteiger partial charge in [0.25, 0.3) is 0 Å². The number of fused-ring (bicyclic) bond motifs is 2. The van der Waals surface area contributed by atoms with Crippen LogP contribution in [0, 0.1) is 6.92 Å². The third kappa shape index (κ3) is 2.95. The quantitative estimate of drug-likeness (QED) is 0.522. The molecule has 0 atom stereocenters. The summed E-state index contributed by atoms with van der Waals surface area (Å²) in [6, 6.07) is 7.18. The van der Waals surface area contributed by atoms with Crippen molar-refractivity contribution in [1.29, 1.82) is 0 Å². The molecule has 0 aliphatic carbocycles. The van der Waals surface area contributed by atoms with Gasteiger partial charge < -0.3 is 9.51 Å². The Morgan fingerprint density at radius 2 is 2.11 bits per heavy atom. The minimum Gasteiger partial charge on any atom is -0.465 e. The van der Waals surface area contributed by atoms with Crippen molar-refractivity contribution in [2.24, 2.45) is 0 Å². The molecule has 0 aliphatic rings. The third-order valence-corrected chi connectivity index (χ3v) is 4.95. The largest absolute Gasteiger partial charge is 0.465 e. The van der Waals surface area contributed by atoms with Gasteiger partial charge in [-0.1, -0.05) is 31.5 Å². The SMILES string of the molecule is Cc1c(CN(C(=O)O)c2cc(Cl)nc3c(C(C)C)cnn23)nc2ccccn12. The van der Waals surface area contributed by atoms with Crippen LogP contribution in [0.3, 0.4) is 0 Å². The molecule has 1 amide bonds. The molecule has 28 heavy (non-hydrogen) atoms. The van der Waals surface area contributed by atoms with E-state index >= 15 is 0 Å². The Bertz CT molecular complexity index is 1200. The van der Waals surface area contributed by atoms with Gasteiger partial charge in [-0.05, 0) is 25.0 Å². The van der Waals surface area contributed by atoms with E-state index < -0.39 is 6.09 Å². The first-order valence-electron chi connectivity index (χ1n) is 8.84. The smallest absolute Gasteiger partial charge is 0.413 e. The van der Waals surface area contributed by atoms with Crippen molar-refractivity contribution < 1.29 is 9.90 Å². The highest BCUT2D eigenvalue weighted by Crippen LogP contribution is 2.27. The second-order valence-electron chi connectivity index (χ2n) is 6.87. The lowest BCUT2D eigenvalue weighted by Gasteiger charge is -2.19. The Balaban J connectivity index is 1.84. The van der Waals surface area contributed by atoms with Gasteiger partial charge >= 0.3 is 6.09 Å². The minimum atomic E-state index is -1.12. The number of hydrogen-bond donors (Lipinski definition) is 1. The van der Waals surface area contributed by atoms with Gasteiger partial charge in [0.2, 0.25) is 0 Å². The summed E-state index contributed by atoms with van der Waals surface area (Å²) in [7, 11) is 0. The fraction of sp³-hybridized carbons (Fsp3) is 0.263. The first-order chi connectivity index (χ1) is 13.4. The van der Waals surface area contributed by atoms with E-state index in [1.165, 1.54) is 15.5 Å². The van der Waals surface area contributed by atoms with Gasteiger partial charge in [-0.15, -0.1) is 0 Å². The Labute approximate surface area is 166 Å². The van der Waals surface area contributed by atoms with Gasteiger partial charge in [0, 0.05) is 23.5 Å². The van der Waals surface area contributed by atoms with E-state index in [2.05, 4.69) is 15.1 Å². The predicted molar refractivity (Wildman–Crippen MR) is 106 cm³/mol. The van der Waals surface area contributed by atoms with E-state index in [1.807, 2.05) is 49.6 Å². The van der Waals surface area contributed by atoms with E-state index in [9.17, 15) is 9.90 Å². The average molecular weight is 399 g/mol. The number of carbonyl (C=O) groups is 1. The standard InChI is InChI=1S/C19H19ClN6O2/c1-11(2)13-9-21-26-17(8-15(20)23-18(13)26)25(19(27)28)10-14-12(3)24-7-5-4-6-16(24)22-14/h4-9,11H,10H2,1-3H3,(H,27,28). The minimum absolute atomic E-state index is 0.0646. The van der Waals surface area contributed by atoms with E-state index in [0.717, 1.165) is 16.9 Å². The lowest BCUT2D eigenvalue weighted by Crippen LogP contribution is -2.31. The molecule has 0 bridgehead atoms. The second-order valence-corrected chi connectivity index (χ2v) is 7.26. The van der Waals surface area contributed by atoms with Crippen LogP contribution in [0.2, 0.25) is 5.15 Å². The highest BCUT2D eigenvalue weighted by Gasteiger charge is 2.24. The number of rotatable bonds is 4. The van der Waals surface area contributed by atoms with Crippen molar-refractivity contribution in [2.45, 2.75) is 33.2 Å². The van der Waals surface area contributed by atoms with Crippen molar-refractivity contribution in [3.8, 4) is 0 Å². The fourth-order valence-corrected chi connectivity index (χ4v) is 3.43. The molecule has 0 unspecified atom stereocenters. The maximum absolute atomic E-state index is 12.1. The maximum atomic E-state index is 12.1. The van der Waals surface area contributed by atoms with Crippen molar-refractivity contribution >= 4 is 34.8 Å². The molecule has 8 nitrogen and oxygen atoms in total. The molecular weight excluding hydrogens is 380 g/mol. The summed E-state index contributed by atoms with van der Waals surface area (Å²) in [5.41, 5.74) is 3.75. The number of imidazole rings is 1. The first-order valence-corrected chi connectivity index (χ1v) is 9.22. The summed E-state index contributed by atoms with van der Waals surface area (Å²) < 4.78 is 3.44. The van der Waals surface area contributed by atoms with Crippen molar-refractivity contribution in [3.05, 3.63) is 58.8 Å². The van der Waals surface area contributed by atoms with Crippen LogP contribution >= 0.6 is 11.6 Å². The van der Waals surface area contributed by atoms with E-state index in [-0.39, 0.29) is 17.6 Å². The molecule has 0 fully saturated rings. The summed E-state index contributed by atoms with van der Waals surface area (Å²) in [4.78, 5) is 22.2.